The van der Waals surface area contributed by atoms with E-state index in [0.717, 1.165) is 12.8 Å². The minimum Gasteiger partial charge on any atom is -0.335 e. The number of non-ortho nitro benzene ring substituents is 1. The fourth-order valence-corrected chi connectivity index (χ4v) is 2.15. The van der Waals surface area contributed by atoms with Crippen LogP contribution in [0.4, 0.5) is 5.69 Å². The molecule has 0 heterocycles. The van der Waals surface area contributed by atoms with Crippen molar-refractivity contribution in [3.63, 3.8) is 0 Å². The molecular weight excluding hydrogens is 282 g/mol. The van der Waals surface area contributed by atoms with E-state index in [1.54, 1.807) is 4.90 Å². The normalized spacial score (nSPS) is 13.6. The number of carbonyl (C=O) groups excluding carboxylic acids is 1. The lowest BCUT2D eigenvalue weighted by molar-refractivity contribution is -0.384. The first-order valence-corrected chi connectivity index (χ1v) is 6.54. The van der Waals surface area contributed by atoms with E-state index in [1.807, 2.05) is 6.07 Å². The van der Waals surface area contributed by atoms with E-state index in [0.29, 0.717) is 6.54 Å². The van der Waals surface area contributed by atoms with Crippen molar-refractivity contribution in [1.29, 1.82) is 5.26 Å². The highest BCUT2D eigenvalue weighted by molar-refractivity contribution is 6.33. The molecule has 1 aromatic carbocycles. The smallest absolute Gasteiger partial charge is 0.270 e. The summed E-state index contributed by atoms with van der Waals surface area (Å²) < 4.78 is 0. The van der Waals surface area contributed by atoms with Gasteiger partial charge in [-0.2, -0.15) is 5.26 Å². The van der Waals surface area contributed by atoms with Gasteiger partial charge in [-0.3, -0.25) is 14.9 Å². The number of rotatable bonds is 5. The summed E-state index contributed by atoms with van der Waals surface area (Å²) in [6.07, 6.45) is 2.02. The Bertz CT molecular complexity index is 593. The largest absolute Gasteiger partial charge is 0.335 e. The Hall–Kier alpha value is -2.13. The topological polar surface area (TPSA) is 87.2 Å². The number of nitro groups is 1. The molecule has 7 heteroatoms. The SMILES string of the molecule is N#CCCN(C(=O)c1cc([N+](=O)[O-])ccc1Cl)C1CC1. The zero-order chi connectivity index (χ0) is 14.7. The zero-order valence-electron chi connectivity index (χ0n) is 10.6. The standard InChI is InChI=1S/C13H12ClN3O3/c14-12-5-4-10(17(19)20)8-11(12)13(18)16(7-1-6-15)9-2-3-9/h4-5,8-9H,1-3,7H2. The molecule has 0 spiro atoms. The fraction of sp³-hybridized carbons (Fsp3) is 0.385. The number of carbonyl (C=O) groups is 1. The van der Waals surface area contributed by atoms with Crippen LogP contribution in [0.1, 0.15) is 29.6 Å². The van der Waals surface area contributed by atoms with E-state index in [1.165, 1.54) is 18.2 Å². The van der Waals surface area contributed by atoms with Crippen LogP contribution in [-0.2, 0) is 0 Å². The van der Waals surface area contributed by atoms with Gasteiger partial charge in [-0.1, -0.05) is 11.6 Å². The third kappa shape index (κ3) is 3.06. The summed E-state index contributed by atoms with van der Waals surface area (Å²) in [4.78, 5) is 24.2. The number of amides is 1. The Morgan fingerprint density at radius 2 is 2.25 bits per heavy atom. The quantitative estimate of drug-likeness (QED) is 0.617. The maximum absolute atomic E-state index is 12.4. The number of hydrogen-bond donors (Lipinski definition) is 0. The van der Waals surface area contributed by atoms with Gasteiger partial charge in [0.25, 0.3) is 11.6 Å². The fourth-order valence-electron chi connectivity index (χ4n) is 1.95. The molecule has 20 heavy (non-hydrogen) atoms. The van der Waals surface area contributed by atoms with E-state index in [-0.39, 0.29) is 34.6 Å². The second kappa shape index (κ2) is 5.88. The summed E-state index contributed by atoms with van der Waals surface area (Å²) in [6.45, 7) is 0.318. The lowest BCUT2D eigenvalue weighted by Crippen LogP contribution is -2.34. The summed E-state index contributed by atoms with van der Waals surface area (Å²) in [5.74, 6) is -0.351. The van der Waals surface area contributed by atoms with Gasteiger partial charge in [0.05, 0.1) is 28.0 Å². The molecule has 1 aliphatic carbocycles. The lowest BCUT2D eigenvalue weighted by atomic mass is 10.1. The summed E-state index contributed by atoms with van der Waals surface area (Å²) in [7, 11) is 0. The highest BCUT2D eigenvalue weighted by Gasteiger charge is 2.33. The van der Waals surface area contributed by atoms with Gasteiger partial charge >= 0.3 is 0 Å². The first-order valence-electron chi connectivity index (χ1n) is 6.16. The van der Waals surface area contributed by atoms with E-state index < -0.39 is 4.92 Å². The van der Waals surface area contributed by atoms with Gasteiger partial charge in [0.15, 0.2) is 0 Å². The first kappa shape index (κ1) is 14.3. The van der Waals surface area contributed by atoms with Crippen LogP contribution < -0.4 is 0 Å². The molecular formula is C13H12ClN3O3. The van der Waals surface area contributed by atoms with Crippen molar-refractivity contribution in [2.24, 2.45) is 0 Å². The molecule has 0 radical (unpaired) electrons. The molecule has 1 aliphatic rings. The van der Waals surface area contributed by atoms with E-state index in [2.05, 4.69) is 0 Å². The highest BCUT2D eigenvalue weighted by atomic mass is 35.5. The van der Waals surface area contributed by atoms with Crippen LogP contribution >= 0.6 is 11.6 Å². The Kier molecular flexibility index (Phi) is 4.20. The van der Waals surface area contributed by atoms with Crippen molar-refractivity contribution in [3.8, 4) is 6.07 Å². The average Bonchev–Trinajstić information content (AvgIpc) is 3.23. The van der Waals surface area contributed by atoms with Crippen LogP contribution in [0.15, 0.2) is 18.2 Å². The maximum atomic E-state index is 12.4. The summed E-state index contributed by atoms with van der Waals surface area (Å²) in [6, 6.07) is 5.91. The van der Waals surface area contributed by atoms with Gasteiger partial charge < -0.3 is 4.90 Å². The molecule has 0 aromatic heterocycles. The van der Waals surface area contributed by atoms with Crippen molar-refractivity contribution in [1.82, 2.24) is 4.90 Å². The van der Waals surface area contributed by atoms with Crippen molar-refractivity contribution in [2.45, 2.75) is 25.3 Å². The van der Waals surface area contributed by atoms with Crippen LogP contribution in [0, 0.1) is 21.4 Å². The second-order valence-electron chi connectivity index (χ2n) is 4.56. The minimum atomic E-state index is -0.566. The van der Waals surface area contributed by atoms with Crippen LogP contribution in [0.5, 0.6) is 0 Å². The number of nitriles is 1. The Balaban J connectivity index is 2.28. The summed E-state index contributed by atoms with van der Waals surface area (Å²) in [5.41, 5.74) is -0.0560. The van der Waals surface area contributed by atoms with Gasteiger partial charge in [-0.05, 0) is 18.9 Å². The third-order valence-corrected chi connectivity index (χ3v) is 3.43. The molecule has 0 N–H and O–H groups in total. The monoisotopic (exact) mass is 293 g/mol. The third-order valence-electron chi connectivity index (χ3n) is 3.10. The molecule has 0 aliphatic heterocycles. The zero-order valence-corrected chi connectivity index (χ0v) is 11.3. The van der Waals surface area contributed by atoms with Crippen LogP contribution in [-0.4, -0.2) is 28.3 Å². The Morgan fingerprint density at radius 3 is 2.80 bits per heavy atom. The van der Waals surface area contributed by atoms with E-state index in [9.17, 15) is 14.9 Å². The molecule has 1 amide bonds. The number of halogens is 1. The Labute approximate surface area is 120 Å². The van der Waals surface area contributed by atoms with Gasteiger partial charge in [-0.25, -0.2) is 0 Å². The van der Waals surface area contributed by atoms with Crippen LogP contribution in [0.3, 0.4) is 0 Å². The van der Waals surface area contributed by atoms with Crippen molar-refractivity contribution in [2.75, 3.05) is 6.54 Å². The predicted octanol–water partition coefficient (Wildman–Crippen LogP) is 2.77. The number of hydrogen-bond acceptors (Lipinski definition) is 4. The van der Waals surface area contributed by atoms with Gasteiger partial charge in [0.2, 0.25) is 0 Å². The molecule has 1 fully saturated rings. The van der Waals surface area contributed by atoms with E-state index in [4.69, 9.17) is 16.9 Å². The van der Waals surface area contributed by atoms with Gasteiger partial charge in [0.1, 0.15) is 0 Å². The molecule has 1 saturated carbocycles. The summed E-state index contributed by atoms with van der Waals surface area (Å²) >= 11 is 5.96. The number of benzene rings is 1. The highest BCUT2D eigenvalue weighted by Crippen LogP contribution is 2.31. The van der Waals surface area contributed by atoms with Crippen LogP contribution in [0.2, 0.25) is 5.02 Å². The maximum Gasteiger partial charge on any atom is 0.270 e. The summed E-state index contributed by atoms with van der Waals surface area (Å²) in [5, 5.41) is 19.6. The van der Waals surface area contributed by atoms with Crippen molar-refractivity contribution in [3.05, 3.63) is 38.9 Å². The van der Waals surface area contributed by atoms with Gasteiger partial charge in [-0.15, -0.1) is 0 Å². The van der Waals surface area contributed by atoms with E-state index >= 15 is 0 Å². The van der Waals surface area contributed by atoms with Crippen molar-refractivity contribution < 1.29 is 9.72 Å². The molecule has 6 nitrogen and oxygen atoms in total. The van der Waals surface area contributed by atoms with Crippen LogP contribution in [0.25, 0.3) is 0 Å². The molecule has 2 rings (SSSR count). The molecule has 0 unspecified atom stereocenters. The molecule has 1 aromatic rings. The predicted molar refractivity (Wildman–Crippen MR) is 72.4 cm³/mol. The molecule has 0 saturated heterocycles. The molecule has 104 valence electrons. The van der Waals surface area contributed by atoms with Gasteiger partial charge in [0, 0.05) is 24.7 Å². The minimum absolute atomic E-state index is 0.116. The molecule has 0 bridgehead atoms. The second-order valence-corrected chi connectivity index (χ2v) is 4.97. The Morgan fingerprint density at radius 1 is 1.55 bits per heavy atom. The lowest BCUT2D eigenvalue weighted by Gasteiger charge is -2.21. The first-order chi connectivity index (χ1) is 9.54. The molecule has 0 atom stereocenters. The number of nitro benzene ring substituents is 1. The average molecular weight is 294 g/mol. The number of nitrogens with zero attached hydrogens (tertiary/aromatic N) is 3. The van der Waals surface area contributed by atoms with Crippen molar-refractivity contribution >= 4 is 23.2 Å².